The summed E-state index contributed by atoms with van der Waals surface area (Å²) in [5, 5.41) is 0.341. The molecule has 5 heteroatoms. The molecule has 1 aromatic heterocycles. The molecular formula is C12H12BrNO2S. The highest BCUT2D eigenvalue weighted by molar-refractivity contribution is 9.10. The summed E-state index contributed by atoms with van der Waals surface area (Å²) in [6.07, 6.45) is 2.99. The molecule has 90 valence electrons. The zero-order valence-electron chi connectivity index (χ0n) is 9.30. The molecule has 2 rings (SSSR count). The molecule has 0 bridgehead atoms. The second-order valence-electron chi connectivity index (χ2n) is 3.84. The molecule has 2 aromatic rings. The second-order valence-corrected chi connectivity index (χ2v) is 6.65. The molecule has 0 radical (unpaired) electrons. The van der Waals surface area contributed by atoms with Gasteiger partial charge in [-0.05, 0) is 23.8 Å². The largest absolute Gasteiger partial charge is 0.334 e. The van der Waals surface area contributed by atoms with Crippen LogP contribution in [0.5, 0.6) is 0 Å². The van der Waals surface area contributed by atoms with Crippen LogP contribution in [0.25, 0.3) is 0 Å². The van der Waals surface area contributed by atoms with E-state index < -0.39 is 9.84 Å². The molecule has 0 N–H and O–H groups in total. The van der Waals surface area contributed by atoms with Gasteiger partial charge in [0, 0.05) is 23.5 Å². The van der Waals surface area contributed by atoms with Gasteiger partial charge in [-0.1, -0.05) is 34.1 Å². The fourth-order valence-corrected chi connectivity index (χ4v) is 2.96. The first-order valence-electron chi connectivity index (χ1n) is 5.07. The quantitative estimate of drug-likeness (QED) is 0.874. The number of sulfone groups is 1. The molecule has 0 saturated heterocycles. The summed E-state index contributed by atoms with van der Waals surface area (Å²) in [5.41, 5.74) is 1.05. The van der Waals surface area contributed by atoms with E-state index in [4.69, 9.17) is 0 Å². The van der Waals surface area contributed by atoms with Crippen LogP contribution in [0.4, 0.5) is 0 Å². The fourth-order valence-electron chi connectivity index (χ4n) is 1.68. The molecule has 0 spiro atoms. The smallest absolute Gasteiger partial charge is 0.190 e. The molecule has 1 heterocycles. The second kappa shape index (κ2) is 4.66. The summed E-state index contributed by atoms with van der Waals surface area (Å²) < 4.78 is 25.8. The molecule has 0 saturated carbocycles. The number of aromatic nitrogens is 1. The summed E-state index contributed by atoms with van der Waals surface area (Å²) in [7, 11) is -3.18. The minimum absolute atomic E-state index is 0.341. The van der Waals surface area contributed by atoms with E-state index in [1.807, 2.05) is 24.3 Å². The molecule has 0 amide bonds. The van der Waals surface area contributed by atoms with Gasteiger partial charge in [0.2, 0.25) is 0 Å². The van der Waals surface area contributed by atoms with E-state index >= 15 is 0 Å². The third kappa shape index (κ3) is 2.79. The maximum Gasteiger partial charge on any atom is 0.190 e. The van der Waals surface area contributed by atoms with E-state index in [0.717, 1.165) is 10.0 Å². The Morgan fingerprint density at radius 1 is 1.18 bits per heavy atom. The standard InChI is InChI=1S/C12H12BrNO2S/c1-17(15,16)12-7-4-8-14(12)9-10-5-2-3-6-11(10)13/h2-8H,9H2,1H3. The molecule has 3 nitrogen and oxygen atoms in total. The Bertz CT molecular complexity index is 631. The minimum Gasteiger partial charge on any atom is -0.334 e. The van der Waals surface area contributed by atoms with Gasteiger partial charge in [-0.3, -0.25) is 0 Å². The van der Waals surface area contributed by atoms with Crippen molar-refractivity contribution in [3.05, 3.63) is 52.6 Å². The van der Waals surface area contributed by atoms with Crippen LogP contribution in [0, 0.1) is 0 Å². The van der Waals surface area contributed by atoms with Crippen molar-refractivity contribution >= 4 is 25.8 Å². The van der Waals surface area contributed by atoms with Crippen LogP contribution in [0.3, 0.4) is 0 Å². The Balaban J connectivity index is 2.39. The van der Waals surface area contributed by atoms with Crippen molar-refractivity contribution in [2.45, 2.75) is 11.6 Å². The summed E-state index contributed by atoms with van der Waals surface area (Å²) in [6.45, 7) is 0.539. The van der Waals surface area contributed by atoms with Crippen LogP contribution in [0.2, 0.25) is 0 Å². The average molecular weight is 314 g/mol. The zero-order valence-corrected chi connectivity index (χ0v) is 11.7. The van der Waals surface area contributed by atoms with Gasteiger partial charge in [-0.15, -0.1) is 0 Å². The molecule has 17 heavy (non-hydrogen) atoms. The third-order valence-electron chi connectivity index (χ3n) is 2.47. The van der Waals surface area contributed by atoms with Gasteiger partial charge in [-0.25, -0.2) is 8.42 Å². The van der Waals surface area contributed by atoms with Gasteiger partial charge < -0.3 is 4.57 Å². The topological polar surface area (TPSA) is 39.1 Å². The van der Waals surface area contributed by atoms with E-state index in [9.17, 15) is 8.42 Å². The Hall–Kier alpha value is -1.07. The molecule has 0 aliphatic rings. The van der Waals surface area contributed by atoms with Gasteiger partial charge in [-0.2, -0.15) is 0 Å². The summed E-state index contributed by atoms with van der Waals surface area (Å²) in [6, 6.07) is 11.1. The third-order valence-corrected chi connectivity index (χ3v) is 4.37. The first kappa shape index (κ1) is 12.4. The van der Waals surface area contributed by atoms with Gasteiger partial charge in [0.05, 0.1) is 0 Å². The van der Waals surface area contributed by atoms with Crippen molar-refractivity contribution in [3.63, 3.8) is 0 Å². The number of hydrogen-bond acceptors (Lipinski definition) is 2. The highest BCUT2D eigenvalue weighted by Crippen LogP contribution is 2.19. The molecule has 0 unspecified atom stereocenters. The highest BCUT2D eigenvalue weighted by atomic mass is 79.9. The Morgan fingerprint density at radius 2 is 1.88 bits per heavy atom. The van der Waals surface area contributed by atoms with Gasteiger partial charge in [0.25, 0.3) is 0 Å². The van der Waals surface area contributed by atoms with Crippen molar-refractivity contribution in [2.75, 3.05) is 6.26 Å². The van der Waals surface area contributed by atoms with E-state index in [1.165, 1.54) is 6.26 Å². The van der Waals surface area contributed by atoms with Crippen LogP contribution < -0.4 is 0 Å². The van der Waals surface area contributed by atoms with Crippen LogP contribution in [-0.4, -0.2) is 19.2 Å². The maximum absolute atomic E-state index is 11.6. The summed E-state index contributed by atoms with van der Waals surface area (Å²) in [4.78, 5) is 0. The van der Waals surface area contributed by atoms with Gasteiger partial charge in [0.15, 0.2) is 9.84 Å². The first-order valence-corrected chi connectivity index (χ1v) is 7.75. The van der Waals surface area contributed by atoms with Gasteiger partial charge >= 0.3 is 0 Å². The van der Waals surface area contributed by atoms with E-state index in [0.29, 0.717) is 11.6 Å². The monoisotopic (exact) mass is 313 g/mol. The van der Waals surface area contributed by atoms with E-state index in [-0.39, 0.29) is 0 Å². The predicted octanol–water partition coefficient (Wildman–Crippen LogP) is 2.70. The van der Waals surface area contributed by atoms with Crippen molar-refractivity contribution in [2.24, 2.45) is 0 Å². The number of benzene rings is 1. The van der Waals surface area contributed by atoms with Crippen LogP contribution in [-0.2, 0) is 16.4 Å². The number of rotatable bonds is 3. The lowest BCUT2D eigenvalue weighted by Gasteiger charge is -2.09. The lowest BCUT2D eigenvalue weighted by Crippen LogP contribution is -2.08. The Kier molecular flexibility index (Phi) is 3.40. The molecule has 0 fully saturated rings. The number of nitrogens with zero attached hydrogens (tertiary/aromatic N) is 1. The fraction of sp³-hybridized carbons (Fsp3) is 0.167. The first-order chi connectivity index (χ1) is 7.98. The Labute approximate surface area is 109 Å². The molecule has 0 atom stereocenters. The van der Waals surface area contributed by atoms with Crippen LogP contribution in [0.15, 0.2) is 52.1 Å². The lowest BCUT2D eigenvalue weighted by atomic mass is 10.2. The Morgan fingerprint density at radius 3 is 2.53 bits per heavy atom. The highest BCUT2D eigenvalue weighted by Gasteiger charge is 2.12. The van der Waals surface area contributed by atoms with E-state index in [2.05, 4.69) is 15.9 Å². The number of halogens is 1. The maximum atomic E-state index is 11.6. The van der Waals surface area contributed by atoms with Crippen molar-refractivity contribution in [3.8, 4) is 0 Å². The van der Waals surface area contributed by atoms with Crippen molar-refractivity contribution < 1.29 is 8.42 Å². The van der Waals surface area contributed by atoms with Crippen LogP contribution >= 0.6 is 15.9 Å². The molecule has 1 aromatic carbocycles. The summed E-state index contributed by atoms with van der Waals surface area (Å²) >= 11 is 3.45. The minimum atomic E-state index is -3.18. The normalized spacial score (nSPS) is 11.6. The van der Waals surface area contributed by atoms with Crippen LogP contribution in [0.1, 0.15) is 5.56 Å². The zero-order chi connectivity index (χ0) is 12.5. The van der Waals surface area contributed by atoms with Gasteiger partial charge in [0.1, 0.15) is 5.03 Å². The van der Waals surface area contributed by atoms with E-state index in [1.54, 1.807) is 22.9 Å². The predicted molar refractivity (Wildman–Crippen MR) is 70.8 cm³/mol. The van der Waals surface area contributed by atoms with Crippen molar-refractivity contribution in [1.29, 1.82) is 0 Å². The molecule has 0 aliphatic heterocycles. The molecule has 0 aliphatic carbocycles. The average Bonchev–Trinajstić information content (AvgIpc) is 2.69. The SMILES string of the molecule is CS(=O)(=O)c1cccn1Cc1ccccc1Br. The van der Waals surface area contributed by atoms with Crippen molar-refractivity contribution in [1.82, 2.24) is 4.57 Å². The summed E-state index contributed by atoms with van der Waals surface area (Å²) in [5.74, 6) is 0. The molecular weight excluding hydrogens is 302 g/mol. The number of hydrogen-bond donors (Lipinski definition) is 0. The lowest BCUT2D eigenvalue weighted by molar-refractivity contribution is 0.586.